The van der Waals surface area contributed by atoms with Gasteiger partial charge in [-0.15, -0.1) is 0 Å². The highest BCUT2D eigenvalue weighted by atomic mass is 16.1. The van der Waals surface area contributed by atoms with Crippen molar-refractivity contribution in [1.82, 2.24) is 0 Å². The van der Waals surface area contributed by atoms with Crippen molar-refractivity contribution in [3.8, 4) is 0 Å². The lowest BCUT2D eigenvalue weighted by Gasteiger charge is -2.19. The number of hydrogen-bond donors (Lipinski definition) is 0. The van der Waals surface area contributed by atoms with Crippen LogP contribution in [0.15, 0.2) is 36.4 Å². The maximum atomic E-state index is 12.5. The van der Waals surface area contributed by atoms with Gasteiger partial charge in [-0.05, 0) is 30.5 Å². The average Bonchev–Trinajstić information content (AvgIpc) is 2.44. The molecule has 0 fully saturated rings. The van der Waals surface area contributed by atoms with Crippen LogP contribution in [0.5, 0.6) is 0 Å². The second-order valence-electron chi connectivity index (χ2n) is 4.89. The predicted octanol–water partition coefficient (Wildman–Crippen LogP) is 3.33. The summed E-state index contributed by atoms with van der Waals surface area (Å²) in [6.07, 6.45) is 0.857. The molecule has 2 aromatic rings. The van der Waals surface area contributed by atoms with Gasteiger partial charge in [-0.1, -0.05) is 37.3 Å². The summed E-state index contributed by atoms with van der Waals surface area (Å²) in [7, 11) is 0. The van der Waals surface area contributed by atoms with Gasteiger partial charge in [-0.25, -0.2) is 0 Å². The van der Waals surface area contributed by atoms with Gasteiger partial charge in [0.2, 0.25) is 0 Å². The van der Waals surface area contributed by atoms with E-state index >= 15 is 0 Å². The lowest BCUT2D eigenvalue weighted by atomic mass is 9.81. The van der Waals surface area contributed by atoms with Crippen molar-refractivity contribution in [2.45, 2.75) is 20.3 Å². The van der Waals surface area contributed by atoms with Gasteiger partial charge in [0.15, 0.2) is 11.6 Å². The Balaban J connectivity index is 2.29. The molecule has 2 heteroatoms. The van der Waals surface area contributed by atoms with Crippen molar-refractivity contribution in [3.05, 3.63) is 69.8 Å². The molecule has 0 heterocycles. The van der Waals surface area contributed by atoms with E-state index in [-0.39, 0.29) is 11.6 Å². The van der Waals surface area contributed by atoms with Crippen LogP contribution in [0, 0.1) is 6.92 Å². The second kappa shape index (κ2) is 4.16. The number of carbonyl (C=O) groups excluding carboxylic acids is 2. The largest absolute Gasteiger partial charge is 0.289 e. The van der Waals surface area contributed by atoms with E-state index in [9.17, 15) is 9.59 Å². The molecule has 0 radical (unpaired) electrons. The number of benzene rings is 2. The van der Waals surface area contributed by atoms with Crippen LogP contribution in [0.1, 0.15) is 49.9 Å². The van der Waals surface area contributed by atoms with Crippen LogP contribution in [0.3, 0.4) is 0 Å². The quantitative estimate of drug-likeness (QED) is 0.664. The average molecular weight is 250 g/mol. The monoisotopic (exact) mass is 250 g/mol. The van der Waals surface area contributed by atoms with Crippen LogP contribution < -0.4 is 0 Å². The van der Waals surface area contributed by atoms with Gasteiger partial charge in [0.1, 0.15) is 0 Å². The van der Waals surface area contributed by atoms with Crippen LogP contribution in [0.2, 0.25) is 0 Å². The van der Waals surface area contributed by atoms with E-state index < -0.39 is 0 Å². The van der Waals surface area contributed by atoms with E-state index in [1.54, 1.807) is 12.1 Å². The Morgan fingerprint density at radius 3 is 2.42 bits per heavy atom. The van der Waals surface area contributed by atoms with Gasteiger partial charge in [-0.3, -0.25) is 9.59 Å². The van der Waals surface area contributed by atoms with E-state index in [2.05, 4.69) is 0 Å². The van der Waals surface area contributed by atoms with E-state index in [0.717, 1.165) is 17.5 Å². The molecule has 0 aliphatic heterocycles. The molecule has 94 valence electrons. The summed E-state index contributed by atoms with van der Waals surface area (Å²) in [5, 5.41) is 0. The van der Waals surface area contributed by atoms with E-state index in [1.165, 1.54) is 0 Å². The third-order valence-electron chi connectivity index (χ3n) is 3.73. The number of fused-ring (bicyclic) bond motifs is 2. The molecule has 0 bridgehead atoms. The first-order valence-electron chi connectivity index (χ1n) is 6.45. The Morgan fingerprint density at radius 1 is 0.895 bits per heavy atom. The fraction of sp³-hybridized carbons (Fsp3) is 0.176. The summed E-state index contributed by atoms with van der Waals surface area (Å²) in [5.74, 6) is -0.0750. The van der Waals surface area contributed by atoms with Crippen LogP contribution in [0.25, 0.3) is 0 Å². The fourth-order valence-corrected chi connectivity index (χ4v) is 2.64. The van der Waals surface area contributed by atoms with Gasteiger partial charge in [-0.2, -0.15) is 0 Å². The molecule has 3 rings (SSSR count). The lowest BCUT2D eigenvalue weighted by molar-refractivity contribution is 0.0978. The SMILES string of the molecule is CCc1ccc2c(c1)C(=O)c1cccc(C)c1C2=O. The Hall–Kier alpha value is -2.22. The number of rotatable bonds is 1. The molecule has 0 aromatic heterocycles. The first-order valence-corrected chi connectivity index (χ1v) is 6.45. The van der Waals surface area contributed by atoms with Crippen molar-refractivity contribution in [2.75, 3.05) is 0 Å². The highest BCUT2D eigenvalue weighted by Crippen LogP contribution is 2.29. The Bertz CT molecular complexity index is 711. The lowest BCUT2D eigenvalue weighted by Crippen LogP contribution is -2.22. The molecule has 0 N–H and O–H groups in total. The molecule has 0 unspecified atom stereocenters. The summed E-state index contributed by atoms with van der Waals surface area (Å²) in [6.45, 7) is 3.91. The van der Waals surface area contributed by atoms with E-state index in [4.69, 9.17) is 0 Å². The molecule has 0 spiro atoms. The first kappa shape index (κ1) is 11.8. The maximum absolute atomic E-state index is 12.5. The molecule has 1 aliphatic rings. The fourth-order valence-electron chi connectivity index (χ4n) is 2.64. The Morgan fingerprint density at radius 2 is 1.68 bits per heavy atom. The summed E-state index contributed by atoms with van der Waals surface area (Å²) < 4.78 is 0. The minimum absolute atomic E-state index is 0.0367. The van der Waals surface area contributed by atoms with Gasteiger partial charge >= 0.3 is 0 Å². The zero-order chi connectivity index (χ0) is 13.6. The smallest absolute Gasteiger partial charge is 0.194 e. The summed E-state index contributed by atoms with van der Waals surface area (Å²) in [4.78, 5) is 25.0. The molecule has 2 nitrogen and oxygen atoms in total. The summed E-state index contributed by atoms with van der Waals surface area (Å²) in [5.41, 5.74) is 4.11. The minimum Gasteiger partial charge on any atom is -0.289 e. The van der Waals surface area contributed by atoms with Gasteiger partial charge in [0.25, 0.3) is 0 Å². The van der Waals surface area contributed by atoms with E-state index in [1.807, 2.05) is 38.1 Å². The van der Waals surface area contributed by atoms with E-state index in [0.29, 0.717) is 22.3 Å². The predicted molar refractivity (Wildman–Crippen MR) is 73.9 cm³/mol. The van der Waals surface area contributed by atoms with Crippen molar-refractivity contribution < 1.29 is 9.59 Å². The zero-order valence-electron chi connectivity index (χ0n) is 11.0. The van der Waals surface area contributed by atoms with Crippen molar-refractivity contribution in [1.29, 1.82) is 0 Å². The highest BCUT2D eigenvalue weighted by molar-refractivity contribution is 6.28. The van der Waals surface area contributed by atoms with Crippen molar-refractivity contribution in [3.63, 3.8) is 0 Å². The maximum Gasteiger partial charge on any atom is 0.194 e. The number of aryl methyl sites for hydroxylation is 2. The molecule has 0 amide bonds. The third-order valence-corrected chi connectivity index (χ3v) is 3.73. The van der Waals surface area contributed by atoms with Crippen LogP contribution in [0.4, 0.5) is 0 Å². The summed E-state index contributed by atoms with van der Waals surface area (Å²) >= 11 is 0. The van der Waals surface area contributed by atoms with Crippen LogP contribution in [-0.2, 0) is 6.42 Å². The molecule has 19 heavy (non-hydrogen) atoms. The molecule has 0 saturated heterocycles. The van der Waals surface area contributed by atoms with Gasteiger partial charge in [0, 0.05) is 22.3 Å². The highest BCUT2D eigenvalue weighted by Gasteiger charge is 2.30. The minimum atomic E-state index is -0.0383. The molecule has 2 aromatic carbocycles. The first-order chi connectivity index (χ1) is 9.13. The second-order valence-corrected chi connectivity index (χ2v) is 4.89. The molecule has 0 saturated carbocycles. The normalized spacial score (nSPS) is 13.2. The van der Waals surface area contributed by atoms with Crippen molar-refractivity contribution >= 4 is 11.6 Å². The van der Waals surface area contributed by atoms with Gasteiger partial charge in [0.05, 0.1) is 0 Å². The number of ketones is 2. The standard InChI is InChI=1S/C17H14O2/c1-3-11-7-8-12-14(9-11)16(18)13-6-4-5-10(2)15(13)17(12)19/h4-9H,3H2,1-2H3. The number of carbonyl (C=O) groups is 2. The molecular formula is C17H14O2. The van der Waals surface area contributed by atoms with Gasteiger partial charge < -0.3 is 0 Å². The Kier molecular flexibility index (Phi) is 2.59. The van der Waals surface area contributed by atoms with Crippen LogP contribution in [-0.4, -0.2) is 11.6 Å². The Labute approximate surface area is 112 Å². The third kappa shape index (κ3) is 1.64. The zero-order valence-corrected chi connectivity index (χ0v) is 11.0. The van der Waals surface area contributed by atoms with Crippen LogP contribution >= 0.6 is 0 Å². The molecule has 0 atom stereocenters. The van der Waals surface area contributed by atoms with Crippen molar-refractivity contribution in [2.24, 2.45) is 0 Å². The topological polar surface area (TPSA) is 34.1 Å². The summed E-state index contributed by atoms with van der Waals surface area (Å²) in [6, 6.07) is 11.0. The molecule has 1 aliphatic carbocycles. The number of hydrogen-bond acceptors (Lipinski definition) is 2. The molecular weight excluding hydrogens is 236 g/mol.